The van der Waals surface area contributed by atoms with Gasteiger partial charge in [0.25, 0.3) is 5.91 Å². The zero-order valence-corrected chi connectivity index (χ0v) is 20.6. The second kappa shape index (κ2) is 13.7. The van der Waals surface area contributed by atoms with E-state index in [-0.39, 0.29) is 24.3 Å². The van der Waals surface area contributed by atoms with Crippen molar-refractivity contribution in [1.29, 1.82) is 0 Å². The molecular weight excluding hydrogens is 436 g/mol. The van der Waals surface area contributed by atoms with Crippen molar-refractivity contribution in [1.82, 2.24) is 20.4 Å². The quantitative estimate of drug-likeness (QED) is 0.245. The van der Waals surface area contributed by atoms with Crippen LogP contribution in [0, 0.1) is 0 Å². The predicted octanol–water partition coefficient (Wildman–Crippen LogP) is 3.03. The number of nitrogens with zero attached hydrogens (tertiary/aromatic N) is 2. The number of carbonyl (C=O) groups excluding carboxylic acids is 3. The molecule has 0 aromatic heterocycles. The highest BCUT2D eigenvalue weighted by Crippen LogP contribution is 2.34. The SMILES string of the molecule is CC(CCC(=O)NC=O)N1Cc2c(SCCCCCCCN3CCNCC3)cccc2C1=O. The fraction of sp³-hybridized carbons (Fsp3) is 0.640. The van der Waals surface area contributed by atoms with Gasteiger partial charge in [-0.3, -0.25) is 19.7 Å². The number of hydrogen-bond donors (Lipinski definition) is 2. The molecule has 1 aromatic rings. The van der Waals surface area contributed by atoms with E-state index in [0.29, 0.717) is 19.4 Å². The Labute approximate surface area is 202 Å². The predicted molar refractivity (Wildman–Crippen MR) is 132 cm³/mol. The number of hydrogen-bond acceptors (Lipinski definition) is 6. The van der Waals surface area contributed by atoms with Crippen molar-refractivity contribution >= 4 is 30.0 Å². The summed E-state index contributed by atoms with van der Waals surface area (Å²) in [6.45, 7) is 8.42. The summed E-state index contributed by atoms with van der Waals surface area (Å²) in [6, 6.07) is 5.95. The molecule has 1 atom stereocenters. The Balaban J connectivity index is 1.36. The van der Waals surface area contributed by atoms with Crippen LogP contribution in [0.5, 0.6) is 0 Å². The number of nitrogens with one attached hydrogen (secondary N) is 2. The van der Waals surface area contributed by atoms with E-state index >= 15 is 0 Å². The zero-order valence-electron chi connectivity index (χ0n) is 19.8. The summed E-state index contributed by atoms with van der Waals surface area (Å²) in [5, 5.41) is 5.56. The van der Waals surface area contributed by atoms with Gasteiger partial charge in [0.05, 0.1) is 0 Å². The van der Waals surface area contributed by atoms with Crippen molar-refractivity contribution in [2.24, 2.45) is 0 Å². The van der Waals surface area contributed by atoms with Crippen molar-refractivity contribution in [2.45, 2.75) is 69.4 Å². The van der Waals surface area contributed by atoms with Crippen LogP contribution in [0.15, 0.2) is 23.1 Å². The first-order chi connectivity index (χ1) is 16.1. The molecular formula is C25H38N4O3S. The Kier molecular flexibility index (Phi) is 10.7. The van der Waals surface area contributed by atoms with E-state index in [1.165, 1.54) is 56.6 Å². The molecule has 1 fully saturated rings. The molecule has 1 saturated heterocycles. The Morgan fingerprint density at radius 2 is 1.94 bits per heavy atom. The number of fused-ring (bicyclic) bond motifs is 1. The molecule has 2 aliphatic rings. The third kappa shape index (κ3) is 7.83. The number of imide groups is 1. The van der Waals surface area contributed by atoms with Gasteiger partial charge in [0.15, 0.2) is 0 Å². The molecule has 0 aliphatic carbocycles. The number of carbonyl (C=O) groups is 3. The highest BCUT2D eigenvalue weighted by molar-refractivity contribution is 7.99. The maximum Gasteiger partial charge on any atom is 0.254 e. The van der Waals surface area contributed by atoms with Crippen molar-refractivity contribution in [3.8, 4) is 0 Å². The van der Waals surface area contributed by atoms with E-state index in [0.717, 1.165) is 30.0 Å². The summed E-state index contributed by atoms with van der Waals surface area (Å²) in [5.74, 6) is 0.811. The second-order valence-electron chi connectivity index (χ2n) is 9.00. The first-order valence-electron chi connectivity index (χ1n) is 12.3. The lowest BCUT2D eigenvalue weighted by Gasteiger charge is -2.27. The highest BCUT2D eigenvalue weighted by Gasteiger charge is 2.32. The van der Waals surface area contributed by atoms with E-state index in [1.807, 2.05) is 35.7 Å². The molecule has 3 amide bonds. The van der Waals surface area contributed by atoms with Crippen LogP contribution < -0.4 is 10.6 Å². The average molecular weight is 475 g/mol. The van der Waals surface area contributed by atoms with Crippen LogP contribution in [0.1, 0.15) is 67.8 Å². The molecule has 2 heterocycles. The number of benzene rings is 1. The molecule has 2 N–H and O–H groups in total. The molecule has 0 saturated carbocycles. The van der Waals surface area contributed by atoms with Crippen molar-refractivity contribution in [3.05, 3.63) is 29.3 Å². The van der Waals surface area contributed by atoms with Crippen molar-refractivity contribution in [3.63, 3.8) is 0 Å². The van der Waals surface area contributed by atoms with Gasteiger partial charge in [-0.15, -0.1) is 11.8 Å². The van der Waals surface area contributed by atoms with Crippen LogP contribution >= 0.6 is 11.8 Å². The fourth-order valence-corrected chi connectivity index (χ4v) is 5.63. The zero-order chi connectivity index (χ0) is 23.5. The van der Waals surface area contributed by atoms with E-state index in [4.69, 9.17) is 0 Å². The van der Waals surface area contributed by atoms with E-state index < -0.39 is 0 Å². The lowest BCUT2D eigenvalue weighted by molar-refractivity contribution is -0.125. The van der Waals surface area contributed by atoms with Crippen LogP contribution in [0.4, 0.5) is 0 Å². The number of rotatable bonds is 14. The standard InChI is InChI=1S/C25H38N4O3S/c1-20(10-11-24(31)27-19-30)29-18-22-21(25(29)32)8-7-9-23(22)33-17-6-4-2-3-5-14-28-15-12-26-13-16-28/h7-9,19-20,26H,2-6,10-18H2,1H3,(H,27,30,31). The van der Waals surface area contributed by atoms with Gasteiger partial charge in [0.1, 0.15) is 0 Å². The number of unbranched alkanes of at least 4 members (excludes halogenated alkanes) is 4. The average Bonchev–Trinajstić information content (AvgIpc) is 3.17. The Morgan fingerprint density at radius 3 is 2.73 bits per heavy atom. The van der Waals surface area contributed by atoms with Gasteiger partial charge in [-0.1, -0.05) is 25.3 Å². The number of piperazine rings is 1. The largest absolute Gasteiger partial charge is 0.332 e. The Morgan fingerprint density at radius 1 is 1.18 bits per heavy atom. The summed E-state index contributed by atoms with van der Waals surface area (Å²) >= 11 is 1.86. The van der Waals surface area contributed by atoms with Gasteiger partial charge >= 0.3 is 0 Å². The van der Waals surface area contributed by atoms with Crippen LogP contribution in [-0.2, 0) is 16.1 Å². The Hall–Kier alpha value is -1.90. The smallest absolute Gasteiger partial charge is 0.254 e. The summed E-state index contributed by atoms with van der Waals surface area (Å²) in [5.41, 5.74) is 1.91. The molecule has 33 heavy (non-hydrogen) atoms. The van der Waals surface area contributed by atoms with Gasteiger partial charge in [-0.25, -0.2) is 0 Å². The molecule has 0 radical (unpaired) electrons. The molecule has 7 nitrogen and oxygen atoms in total. The van der Waals surface area contributed by atoms with Gasteiger partial charge in [0.2, 0.25) is 12.3 Å². The van der Waals surface area contributed by atoms with Crippen LogP contribution in [-0.4, -0.2) is 72.5 Å². The topological polar surface area (TPSA) is 81.8 Å². The molecule has 3 rings (SSSR count). The minimum Gasteiger partial charge on any atom is -0.332 e. The van der Waals surface area contributed by atoms with Gasteiger partial charge in [-0.2, -0.15) is 0 Å². The molecule has 8 heteroatoms. The third-order valence-corrected chi connectivity index (χ3v) is 7.77. The Bertz CT molecular complexity index is 798. The van der Waals surface area contributed by atoms with Gasteiger partial charge in [-0.05, 0) is 56.2 Å². The van der Waals surface area contributed by atoms with Crippen molar-refractivity contribution < 1.29 is 14.4 Å². The van der Waals surface area contributed by atoms with Crippen LogP contribution in [0.3, 0.4) is 0 Å². The fourth-order valence-electron chi connectivity index (χ4n) is 4.54. The first-order valence-corrected chi connectivity index (χ1v) is 13.3. The lowest BCUT2D eigenvalue weighted by atomic mass is 10.1. The second-order valence-corrected chi connectivity index (χ2v) is 10.1. The summed E-state index contributed by atoms with van der Waals surface area (Å²) in [7, 11) is 0. The van der Waals surface area contributed by atoms with Gasteiger partial charge < -0.3 is 15.1 Å². The van der Waals surface area contributed by atoms with Gasteiger partial charge in [0, 0.05) is 55.6 Å². The molecule has 0 spiro atoms. The van der Waals surface area contributed by atoms with Crippen molar-refractivity contribution in [2.75, 3.05) is 38.5 Å². The van der Waals surface area contributed by atoms with E-state index in [9.17, 15) is 14.4 Å². The maximum absolute atomic E-state index is 12.9. The molecule has 0 bridgehead atoms. The molecule has 1 aromatic carbocycles. The lowest BCUT2D eigenvalue weighted by Crippen LogP contribution is -2.43. The summed E-state index contributed by atoms with van der Waals surface area (Å²) in [6.07, 6.45) is 7.53. The first kappa shape index (κ1) is 25.7. The monoisotopic (exact) mass is 474 g/mol. The summed E-state index contributed by atoms with van der Waals surface area (Å²) < 4.78 is 0. The third-order valence-electron chi connectivity index (χ3n) is 6.58. The molecule has 2 aliphatic heterocycles. The molecule has 182 valence electrons. The van der Waals surface area contributed by atoms with Crippen LogP contribution in [0.25, 0.3) is 0 Å². The van der Waals surface area contributed by atoms with Crippen LogP contribution in [0.2, 0.25) is 0 Å². The molecule has 1 unspecified atom stereocenters. The maximum atomic E-state index is 12.9. The minimum atomic E-state index is -0.305. The number of thioether (sulfide) groups is 1. The van der Waals surface area contributed by atoms with E-state index in [2.05, 4.69) is 21.6 Å². The van der Waals surface area contributed by atoms with E-state index in [1.54, 1.807) is 0 Å². The summed E-state index contributed by atoms with van der Waals surface area (Å²) in [4.78, 5) is 40.5. The number of amides is 3. The normalized spacial score (nSPS) is 17.1. The highest BCUT2D eigenvalue weighted by atomic mass is 32.2. The minimum absolute atomic E-state index is 0.0419.